The van der Waals surface area contributed by atoms with E-state index >= 15 is 0 Å². The van der Waals surface area contributed by atoms with Gasteiger partial charge in [0.15, 0.2) is 17.3 Å². The van der Waals surface area contributed by atoms with Gasteiger partial charge < -0.3 is 9.47 Å². The molecule has 5 rings (SSSR count). The number of carbonyl (C=O) groups excluding carboxylic acids is 2. The number of benzene rings is 3. The minimum Gasteiger partial charge on any atom is -0.493 e. The van der Waals surface area contributed by atoms with Crippen molar-refractivity contribution in [2.24, 2.45) is 0 Å². The van der Waals surface area contributed by atoms with Crippen molar-refractivity contribution in [3.8, 4) is 11.5 Å². The Morgan fingerprint density at radius 3 is 2.31 bits per heavy atom. The SMILES string of the molecule is COc1cccc(C2CC(=O)N(c3cccc(C)c3)C3=C2C(=O)CC(c2ccccc2)C3)c1OC. The number of amides is 1. The van der Waals surface area contributed by atoms with E-state index in [0.29, 0.717) is 29.9 Å². The molecule has 1 aliphatic heterocycles. The molecule has 3 aromatic carbocycles. The van der Waals surface area contributed by atoms with Gasteiger partial charge in [-0.2, -0.15) is 0 Å². The first-order chi connectivity index (χ1) is 17.0. The van der Waals surface area contributed by atoms with Crippen LogP contribution in [0.1, 0.15) is 47.8 Å². The second-order valence-corrected chi connectivity index (χ2v) is 9.21. The summed E-state index contributed by atoms with van der Waals surface area (Å²) in [5.41, 5.74) is 5.31. The van der Waals surface area contributed by atoms with Crippen LogP contribution in [0.25, 0.3) is 0 Å². The molecule has 5 heteroatoms. The predicted octanol–water partition coefficient (Wildman–Crippen LogP) is 5.93. The number of Topliss-reactive ketones (excluding diaryl/α,β-unsaturated/α-hetero) is 1. The number of carbonyl (C=O) groups is 2. The predicted molar refractivity (Wildman–Crippen MR) is 136 cm³/mol. The average molecular weight is 468 g/mol. The van der Waals surface area contributed by atoms with Crippen LogP contribution in [-0.4, -0.2) is 25.9 Å². The monoisotopic (exact) mass is 467 g/mol. The third-order valence-electron chi connectivity index (χ3n) is 7.07. The molecule has 2 atom stereocenters. The van der Waals surface area contributed by atoms with Crippen molar-refractivity contribution in [3.05, 3.63) is 101 Å². The molecule has 3 aromatic rings. The first-order valence-electron chi connectivity index (χ1n) is 11.9. The van der Waals surface area contributed by atoms with Crippen LogP contribution >= 0.6 is 0 Å². The lowest BCUT2D eigenvalue weighted by atomic mass is 9.72. The number of para-hydroxylation sites is 1. The van der Waals surface area contributed by atoms with E-state index in [9.17, 15) is 9.59 Å². The first kappa shape index (κ1) is 22.9. The highest BCUT2D eigenvalue weighted by Crippen LogP contribution is 2.49. The maximum Gasteiger partial charge on any atom is 0.232 e. The van der Waals surface area contributed by atoms with Crippen molar-refractivity contribution in [3.63, 3.8) is 0 Å². The van der Waals surface area contributed by atoms with E-state index in [4.69, 9.17) is 9.47 Å². The molecule has 1 amide bonds. The van der Waals surface area contributed by atoms with E-state index in [0.717, 1.165) is 28.1 Å². The lowest BCUT2D eigenvalue weighted by Crippen LogP contribution is -2.42. The summed E-state index contributed by atoms with van der Waals surface area (Å²) in [4.78, 5) is 29.4. The number of hydrogen-bond donors (Lipinski definition) is 0. The van der Waals surface area contributed by atoms with Gasteiger partial charge in [0.2, 0.25) is 5.91 Å². The minimum atomic E-state index is -0.382. The second-order valence-electron chi connectivity index (χ2n) is 9.21. The summed E-state index contributed by atoms with van der Waals surface area (Å²) in [6, 6.07) is 23.7. The van der Waals surface area contributed by atoms with E-state index in [-0.39, 0.29) is 29.9 Å². The zero-order valence-electron chi connectivity index (χ0n) is 20.3. The van der Waals surface area contributed by atoms with Crippen LogP contribution in [0, 0.1) is 6.92 Å². The summed E-state index contributed by atoms with van der Waals surface area (Å²) >= 11 is 0. The smallest absolute Gasteiger partial charge is 0.232 e. The fourth-order valence-electron chi connectivity index (χ4n) is 5.52. The summed E-state index contributed by atoms with van der Waals surface area (Å²) in [5, 5.41) is 0. The number of allylic oxidation sites excluding steroid dienone is 2. The molecule has 0 fully saturated rings. The Bertz CT molecular complexity index is 1310. The van der Waals surface area contributed by atoms with Crippen molar-refractivity contribution in [1.82, 2.24) is 0 Å². The molecule has 178 valence electrons. The molecule has 0 spiro atoms. The standard InChI is InChI=1S/C30H29NO4/c1-19-9-7-12-22(15-19)31-25-16-21(20-10-5-4-6-11-20)17-26(32)29(25)24(18-28(31)33)23-13-8-14-27(34-2)30(23)35-3/h4-15,21,24H,16-18H2,1-3H3. The number of methoxy groups -OCH3 is 2. The van der Waals surface area contributed by atoms with Gasteiger partial charge in [-0.25, -0.2) is 0 Å². The average Bonchev–Trinajstić information content (AvgIpc) is 2.87. The minimum absolute atomic E-state index is 0.0218. The summed E-state index contributed by atoms with van der Waals surface area (Å²) in [6.45, 7) is 2.01. The number of anilines is 1. The third-order valence-corrected chi connectivity index (χ3v) is 7.07. The van der Waals surface area contributed by atoms with E-state index < -0.39 is 0 Å². The Labute approximate surface area is 206 Å². The summed E-state index contributed by atoms with van der Waals surface area (Å²) in [5.74, 6) is 0.861. The molecule has 2 aliphatic rings. The van der Waals surface area contributed by atoms with Crippen molar-refractivity contribution in [2.75, 3.05) is 19.1 Å². The molecule has 0 bridgehead atoms. The second kappa shape index (κ2) is 9.41. The Balaban J connectivity index is 1.69. The molecule has 5 nitrogen and oxygen atoms in total. The number of hydrogen-bond acceptors (Lipinski definition) is 4. The summed E-state index contributed by atoms with van der Waals surface area (Å²) in [6.07, 6.45) is 1.23. The maximum atomic E-state index is 13.8. The highest BCUT2D eigenvalue weighted by atomic mass is 16.5. The van der Waals surface area contributed by atoms with Gasteiger partial charge in [0.25, 0.3) is 0 Å². The normalized spacial score (nSPS) is 20.0. The third kappa shape index (κ3) is 4.12. The van der Waals surface area contributed by atoms with E-state index in [1.165, 1.54) is 0 Å². The molecule has 0 radical (unpaired) electrons. The molecule has 1 aliphatic carbocycles. The van der Waals surface area contributed by atoms with Gasteiger partial charge >= 0.3 is 0 Å². The Hall–Kier alpha value is -3.86. The van der Waals surface area contributed by atoms with E-state index in [1.54, 1.807) is 19.1 Å². The molecule has 0 saturated carbocycles. The van der Waals surface area contributed by atoms with Gasteiger partial charge in [-0.15, -0.1) is 0 Å². The Morgan fingerprint density at radius 2 is 1.60 bits per heavy atom. The molecular formula is C30H29NO4. The van der Waals surface area contributed by atoms with Crippen LogP contribution in [0.15, 0.2) is 84.1 Å². The molecule has 0 N–H and O–H groups in total. The number of rotatable bonds is 5. The molecule has 1 heterocycles. The zero-order chi connectivity index (χ0) is 24.5. The van der Waals surface area contributed by atoms with Gasteiger partial charge in [0, 0.05) is 41.3 Å². The topological polar surface area (TPSA) is 55.8 Å². The number of aryl methyl sites for hydroxylation is 1. The molecular weight excluding hydrogens is 438 g/mol. The van der Waals surface area contributed by atoms with Gasteiger partial charge in [0.1, 0.15) is 0 Å². The maximum absolute atomic E-state index is 13.8. The highest BCUT2D eigenvalue weighted by Gasteiger charge is 2.43. The molecule has 35 heavy (non-hydrogen) atoms. The lowest BCUT2D eigenvalue weighted by Gasteiger charge is -2.41. The Morgan fingerprint density at radius 1 is 0.829 bits per heavy atom. The van der Waals surface area contributed by atoms with Crippen molar-refractivity contribution >= 4 is 17.4 Å². The van der Waals surface area contributed by atoms with Gasteiger partial charge in [-0.3, -0.25) is 14.5 Å². The van der Waals surface area contributed by atoms with Crippen LogP contribution in [-0.2, 0) is 9.59 Å². The number of nitrogens with zero attached hydrogens (tertiary/aromatic N) is 1. The van der Waals surface area contributed by atoms with Crippen molar-refractivity contribution in [2.45, 2.75) is 38.0 Å². The van der Waals surface area contributed by atoms with Crippen molar-refractivity contribution < 1.29 is 19.1 Å². The van der Waals surface area contributed by atoms with Crippen molar-refractivity contribution in [1.29, 1.82) is 0 Å². The van der Waals surface area contributed by atoms with Crippen LogP contribution in [0.5, 0.6) is 11.5 Å². The zero-order valence-corrected chi connectivity index (χ0v) is 20.3. The van der Waals surface area contributed by atoms with Crippen LogP contribution in [0.4, 0.5) is 5.69 Å². The largest absolute Gasteiger partial charge is 0.493 e. The van der Waals surface area contributed by atoms with Gasteiger partial charge in [0.05, 0.1) is 14.2 Å². The van der Waals surface area contributed by atoms with Crippen LogP contribution < -0.4 is 14.4 Å². The number of ketones is 1. The summed E-state index contributed by atoms with van der Waals surface area (Å²) < 4.78 is 11.2. The van der Waals surface area contributed by atoms with Crippen LogP contribution in [0.2, 0.25) is 0 Å². The first-order valence-corrected chi connectivity index (χ1v) is 11.9. The number of ether oxygens (including phenoxy) is 2. The molecule has 0 aromatic heterocycles. The van der Waals surface area contributed by atoms with Crippen LogP contribution in [0.3, 0.4) is 0 Å². The summed E-state index contributed by atoms with van der Waals surface area (Å²) in [7, 11) is 3.18. The van der Waals surface area contributed by atoms with E-state index in [2.05, 4.69) is 12.1 Å². The lowest BCUT2D eigenvalue weighted by molar-refractivity contribution is -0.120. The fraction of sp³-hybridized carbons (Fsp3) is 0.267. The molecule has 0 saturated heterocycles. The van der Waals surface area contributed by atoms with Gasteiger partial charge in [-0.05, 0) is 48.6 Å². The van der Waals surface area contributed by atoms with Gasteiger partial charge in [-0.1, -0.05) is 54.6 Å². The molecule has 2 unspecified atom stereocenters. The highest BCUT2D eigenvalue weighted by molar-refractivity contribution is 6.08. The Kier molecular flexibility index (Phi) is 6.16. The fourth-order valence-corrected chi connectivity index (χ4v) is 5.52. The van der Waals surface area contributed by atoms with E-state index in [1.807, 2.05) is 67.6 Å². The quantitative estimate of drug-likeness (QED) is 0.466.